The molecule has 21 heavy (non-hydrogen) atoms. The molecule has 2 aliphatic rings. The van der Waals surface area contributed by atoms with E-state index < -0.39 is 5.60 Å². The lowest BCUT2D eigenvalue weighted by atomic mass is 10.2. The van der Waals surface area contributed by atoms with Crippen molar-refractivity contribution in [2.24, 2.45) is 0 Å². The molecule has 0 aromatic rings. The van der Waals surface area contributed by atoms with E-state index in [1.165, 1.54) is 0 Å². The molecule has 2 heterocycles. The summed E-state index contributed by atoms with van der Waals surface area (Å²) in [5.74, 6) is 0.137. The largest absolute Gasteiger partial charge is 0.444 e. The second-order valence-electron chi connectivity index (χ2n) is 6.93. The van der Waals surface area contributed by atoms with Gasteiger partial charge in [-0.1, -0.05) is 0 Å². The zero-order chi connectivity index (χ0) is 15.5. The van der Waals surface area contributed by atoms with Crippen LogP contribution in [0.5, 0.6) is 0 Å². The average molecular weight is 297 g/mol. The van der Waals surface area contributed by atoms with Gasteiger partial charge in [0.05, 0.1) is 0 Å². The molecule has 6 nitrogen and oxygen atoms in total. The fourth-order valence-electron chi connectivity index (χ4n) is 2.86. The van der Waals surface area contributed by atoms with Crippen molar-refractivity contribution in [2.45, 2.75) is 64.1 Å². The maximum absolute atomic E-state index is 12.2. The van der Waals surface area contributed by atoms with Crippen LogP contribution >= 0.6 is 0 Å². The number of hydrogen-bond acceptors (Lipinski definition) is 4. The fourth-order valence-corrected chi connectivity index (χ4v) is 2.86. The quantitative estimate of drug-likeness (QED) is 0.819. The Morgan fingerprint density at radius 3 is 2.76 bits per heavy atom. The minimum Gasteiger partial charge on any atom is -0.444 e. The van der Waals surface area contributed by atoms with Crippen molar-refractivity contribution < 1.29 is 14.3 Å². The maximum Gasteiger partial charge on any atom is 0.410 e. The van der Waals surface area contributed by atoms with E-state index in [4.69, 9.17) is 4.74 Å². The zero-order valence-corrected chi connectivity index (χ0v) is 13.3. The number of carbonyl (C=O) groups is 2. The number of likely N-dealkylation sites (tertiary alicyclic amines) is 1. The summed E-state index contributed by atoms with van der Waals surface area (Å²) in [5, 5.41) is 6.31. The monoisotopic (exact) mass is 297 g/mol. The van der Waals surface area contributed by atoms with Gasteiger partial charge in [0.15, 0.2) is 0 Å². The van der Waals surface area contributed by atoms with Gasteiger partial charge in [-0.25, -0.2) is 4.79 Å². The Hall–Kier alpha value is -1.30. The molecule has 2 unspecified atom stereocenters. The van der Waals surface area contributed by atoms with Crippen molar-refractivity contribution in [3.8, 4) is 0 Å². The molecule has 2 fully saturated rings. The normalized spacial score (nSPS) is 26.0. The average Bonchev–Trinajstić information content (AvgIpc) is 2.96. The summed E-state index contributed by atoms with van der Waals surface area (Å²) in [6, 6.07) is 0.422. The fraction of sp³-hybridized carbons (Fsp3) is 0.867. The molecule has 2 rings (SSSR count). The minimum atomic E-state index is -0.453. The molecule has 2 amide bonds. The molecule has 2 saturated heterocycles. The summed E-state index contributed by atoms with van der Waals surface area (Å²) in [7, 11) is 0. The van der Waals surface area contributed by atoms with Crippen LogP contribution in [0.15, 0.2) is 0 Å². The van der Waals surface area contributed by atoms with E-state index in [2.05, 4.69) is 10.6 Å². The molecule has 2 N–H and O–H groups in total. The van der Waals surface area contributed by atoms with E-state index in [-0.39, 0.29) is 24.1 Å². The standard InChI is InChI=1S/C15H27N3O3/c1-15(2,3)21-14(20)18-8-4-5-12(18)10-16-9-11-6-7-13(19)17-11/h11-12,16H,4-10H2,1-3H3,(H,17,19). The summed E-state index contributed by atoms with van der Waals surface area (Å²) >= 11 is 0. The number of nitrogens with one attached hydrogen (secondary N) is 2. The molecule has 0 aromatic carbocycles. The van der Waals surface area contributed by atoms with Gasteiger partial charge >= 0.3 is 6.09 Å². The van der Waals surface area contributed by atoms with E-state index in [9.17, 15) is 9.59 Å². The lowest BCUT2D eigenvalue weighted by Crippen LogP contribution is -2.46. The third-order valence-corrected chi connectivity index (χ3v) is 3.86. The van der Waals surface area contributed by atoms with Gasteiger partial charge < -0.3 is 20.3 Å². The summed E-state index contributed by atoms with van der Waals surface area (Å²) in [4.78, 5) is 25.1. The van der Waals surface area contributed by atoms with Gasteiger partial charge in [0.25, 0.3) is 0 Å². The van der Waals surface area contributed by atoms with Crippen molar-refractivity contribution in [1.82, 2.24) is 15.5 Å². The number of hydrogen-bond donors (Lipinski definition) is 2. The highest BCUT2D eigenvalue weighted by molar-refractivity contribution is 5.78. The Kier molecular flexibility index (Phi) is 5.08. The second-order valence-corrected chi connectivity index (χ2v) is 6.93. The smallest absolute Gasteiger partial charge is 0.410 e. The van der Waals surface area contributed by atoms with Gasteiger partial charge in [0.2, 0.25) is 5.91 Å². The SMILES string of the molecule is CC(C)(C)OC(=O)N1CCCC1CNCC1CCC(=O)N1. The Morgan fingerprint density at radius 2 is 2.14 bits per heavy atom. The van der Waals surface area contributed by atoms with Crippen LogP contribution in [0.1, 0.15) is 46.5 Å². The van der Waals surface area contributed by atoms with Gasteiger partial charge in [0.1, 0.15) is 5.60 Å². The Labute approximate surface area is 126 Å². The van der Waals surface area contributed by atoms with Gasteiger partial charge in [-0.3, -0.25) is 4.79 Å². The molecular formula is C15H27N3O3. The van der Waals surface area contributed by atoms with Crippen molar-refractivity contribution >= 4 is 12.0 Å². The molecule has 6 heteroatoms. The van der Waals surface area contributed by atoms with Crippen molar-refractivity contribution in [3.05, 3.63) is 0 Å². The van der Waals surface area contributed by atoms with Gasteiger partial charge in [-0.15, -0.1) is 0 Å². The predicted octanol–water partition coefficient (Wildman–Crippen LogP) is 1.25. The molecular weight excluding hydrogens is 270 g/mol. The maximum atomic E-state index is 12.2. The summed E-state index contributed by atoms with van der Waals surface area (Å²) in [6.45, 7) is 7.95. The second kappa shape index (κ2) is 6.64. The van der Waals surface area contributed by atoms with Gasteiger partial charge in [-0.05, 0) is 40.0 Å². The van der Waals surface area contributed by atoms with E-state index in [1.807, 2.05) is 25.7 Å². The van der Waals surface area contributed by atoms with Crippen molar-refractivity contribution in [2.75, 3.05) is 19.6 Å². The predicted molar refractivity (Wildman–Crippen MR) is 80.0 cm³/mol. The molecule has 0 aliphatic carbocycles. The molecule has 0 spiro atoms. The number of rotatable bonds is 4. The first-order valence-electron chi connectivity index (χ1n) is 7.85. The van der Waals surface area contributed by atoms with Crippen molar-refractivity contribution in [1.29, 1.82) is 0 Å². The lowest BCUT2D eigenvalue weighted by molar-refractivity contribution is -0.119. The van der Waals surface area contributed by atoms with E-state index >= 15 is 0 Å². The third kappa shape index (κ3) is 4.88. The van der Waals surface area contributed by atoms with Crippen LogP contribution in [-0.4, -0.2) is 54.2 Å². The Morgan fingerprint density at radius 1 is 1.38 bits per heavy atom. The number of nitrogens with zero attached hydrogens (tertiary/aromatic N) is 1. The van der Waals surface area contributed by atoms with Crippen LogP contribution in [-0.2, 0) is 9.53 Å². The van der Waals surface area contributed by atoms with Crippen molar-refractivity contribution in [3.63, 3.8) is 0 Å². The Balaban J connectivity index is 1.74. The summed E-state index contributed by atoms with van der Waals surface area (Å²) < 4.78 is 5.45. The highest BCUT2D eigenvalue weighted by atomic mass is 16.6. The number of ether oxygens (including phenoxy) is 1. The Bertz CT molecular complexity index is 392. The summed E-state index contributed by atoms with van der Waals surface area (Å²) in [5.41, 5.74) is -0.453. The molecule has 0 aromatic heterocycles. The highest BCUT2D eigenvalue weighted by Crippen LogP contribution is 2.20. The highest BCUT2D eigenvalue weighted by Gasteiger charge is 2.32. The van der Waals surface area contributed by atoms with Crippen LogP contribution in [0.2, 0.25) is 0 Å². The summed E-state index contributed by atoms with van der Waals surface area (Å²) in [6.07, 6.45) is 3.32. The molecule has 0 radical (unpaired) electrons. The van der Waals surface area contributed by atoms with Gasteiger partial charge in [0, 0.05) is 38.1 Å². The lowest BCUT2D eigenvalue weighted by Gasteiger charge is -2.29. The van der Waals surface area contributed by atoms with Crippen LogP contribution in [0, 0.1) is 0 Å². The molecule has 120 valence electrons. The van der Waals surface area contributed by atoms with E-state index in [0.29, 0.717) is 6.42 Å². The number of amides is 2. The van der Waals surface area contributed by atoms with E-state index in [0.717, 1.165) is 38.9 Å². The number of carbonyl (C=O) groups excluding carboxylic acids is 2. The first-order valence-corrected chi connectivity index (χ1v) is 7.85. The topological polar surface area (TPSA) is 70.7 Å². The third-order valence-electron chi connectivity index (χ3n) is 3.86. The van der Waals surface area contributed by atoms with Crippen LogP contribution in [0.4, 0.5) is 4.79 Å². The minimum absolute atomic E-state index is 0.137. The molecule has 0 saturated carbocycles. The van der Waals surface area contributed by atoms with Crippen LogP contribution < -0.4 is 10.6 Å². The van der Waals surface area contributed by atoms with Crippen LogP contribution in [0.3, 0.4) is 0 Å². The first kappa shape index (κ1) is 16.1. The zero-order valence-electron chi connectivity index (χ0n) is 13.3. The van der Waals surface area contributed by atoms with E-state index in [1.54, 1.807) is 0 Å². The first-order chi connectivity index (χ1) is 9.85. The molecule has 2 aliphatic heterocycles. The van der Waals surface area contributed by atoms with Gasteiger partial charge in [-0.2, -0.15) is 0 Å². The molecule has 0 bridgehead atoms. The molecule has 2 atom stereocenters. The van der Waals surface area contributed by atoms with Crippen LogP contribution in [0.25, 0.3) is 0 Å².